The Hall–Kier alpha value is -1.17. The molecule has 0 aromatic heterocycles. The van der Waals surface area contributed by atoms with E-state index in [9.17, 15) is 9.59 Å². The van der Waals surface area contributed by atoms with Crippen LogP contribution in [0.3, 0.4) is 0 Å². The number of hydrogen-bond donors (Lipinski definition) is 0. The number of hydroxylamine groups is 2. The van der Waals surface area contributed by atoms with Gasteiger partial charge >= 0.3 is 0 Å². The molecule has 3 rings (SSSR count). The molecule has 2 bridgehead atoms. The summed E-state index contributed by atoms with van der Waals surface area (Å²) in [6.07, 6.45) is 4.71. The second-order valence-electron chi connectivity index (χ2n) is 4.56. The van der Waals surface area contributed by atoms with Gasteiger partial charge in [0, 0.05) is 5.03 Å². The highest BCUT2D eigenvalue weighted by molar-refractivity contribution is 6.29. The Morgan fingerprint density at radius 1 is 1.39 bits per heavy atom. The molecule has 0 saturated carbocycles. The predicted molar refractivity (Wildman–Crippen MR) is 62.2 cm³/mol. The Kier molecular flexibility index (Phi) is 2.77. The molecular weight excluding hydrogens is 258 g/mol. The lowest BCUT2D eigenvalue weighted by atomic mass is 9.85. The van der Waals surface area contributed by atoms with Crippen LogP contribution >= 0.6 is 11.6 Å². The Morgan fingerprint density at radius 2 is 1.94 bits per heavy atom. The molecule has 2 amide bonds. The van der Waals surface area contributed by atoms with Crippen molar-refractivity contribution >= 4 is 23.4 Å². The zero-order valence-corrected chi connectivity index (χ0v) is 10.5. The molecule has 3 aliphatic heterocycles. The molecule has 96 valence electrons. The van der Waals surface area contributed by atoms with Crippen LogP contribution < -0.4 is 0 Å². The minimum atomic E-state index is -0.423. The summed E-state index contributed by atoms with van der Waals surface area (Å²) in [5, 5.41) is 1.42. The van der Waals surface area contributed by atoms with E-state index in [0.29, 0.717) is 5.03 Å². The average Bonchev–Trinajstić information content (AvgIpc) is 2.97. The van der Waals surface area contributed by atoms with Gasteiger partial charge in [-0.2, -0.15) is 5.06 Å². The van der Waals surface area contributed by atoms with Crippen molar-refractivity contribution in [3.05, 3.63) is 23.3 Å². The number of imide groups is 1. The van der Waals surface area contributed by atoms with Gasteiger partial charge in [0.25, 0.3) is 11.8 Å². The molecule has 0 spiro atoms. The van der Waals surface area contributed by atoms with Crippen LogP contribution in [0.5, 0.6) is 0 Å². The van der Waals surface area contributed by atoms with Crippen LogP contribution in [0.4, 0.5) is 0 Å². The van der Waals surface area contributed by atoms with Crippen molar-refractivity contribution in [3.8, 4) is 0 Å². The molecule has 6 heteroatoms. The van der Waals surface area contributed by atoms with E-state index in [2.05, 4.69) is 0 Å². The van der Waals surface area contributed by atoms with E-state index in [0.717, 1.165) is 5.06 Å². The van der Waals surface area contributed by atoms with E-state index in [-0.39, 0.29) is 30.6 Å². The van der Waals surface area contributed by atoms with E-state index in [4.69, 9.17) is 21.2 Å². The molecule has 2 saturated heterocycles. The molecule has 2 fully saturated rings. The number of nitrogens with zero attached hydrogens (tertiary/aromatic N) is 1. The summed E-state index contributed by atoms with van der Waals surface area (Å²) in [5.41, 5.74) is 0. The summed E-state index contributed by atoms with van der Waals surface area (Å²) in [6.45, 7) is 1.81. The molecule has 0 aromatic carbocycles. The first kappa shape index (κ1) is 11.9. The van der Waals surface area contributed by atoms with Crippen LogP contribution in [0.25, 0.3) is 0 Å². The lowest BCUT2D eigenvalue weighted by Gasteiger charge is -2.15. The Balaban J connectivity index is 1.74. The van der Waals surface area contributed by atoms with Gasteiger partial charge in [-0.1, -0.05) is 23.8 Å². The monoisotopic (exact) mass is 269 g/mol. The van der Waals surface area contributed by atoms with Crippen molar-refractivity contribution in [2.45, 2.75) is 19.1 Å². The van der Waals surface area contributed by atoms with Crippen molar-refractivity contribution in [2.24, 2.45) is 11.8 Å². The number of carbonyl (C=O) groups is 2. The van der Waals surface area contributed by atoms with Crippen LogP contribution in [0.2, 0.25) is 0 Å². The fraction of sp³-hybridized carbons (Fsp3) is 0.500. The molecule has 5 nitrogen and oxygen atoms in total. The van der Waals surface area contributed by atoms with E-state index < -0.39 is 11.8 Å². The Labute approximate surface area is 109 Å². The van der Waals surface area contributed by atoms with Crippen LogP contribution in [-0.4, -0.2) is 35.7 Å². The summed E-state index contributed by atoms with van der Waals surface area (Å²) >= 11 is 5.65. The maximum absolute atomic E-state index is 12.1. The SMILES string of the molecule is C/C(Cl)=C\CON1C(=O)[C@H]2[C@H](C1=O)[C@H]1C=C[C@H]2O1. The fourth-order valence-electron chi connectivity index (χ4n) is 2.63. The van der Waals surface area contributed by atoms with Gasteiger partial charge < -0.3 is 4.74 Å². The van der Waals surface area contributed by atoms with Crippen molar-refractivity contribution in [2.75, 3.05) is 6.61 Å². The van der Waals surface area contributed by atoms with Gasteiger partial charge in [-0.3, -0.25) is 14.4 Å². The van der Waals surface area contributed by atoms with Gasteiger partial charge in [0.2, 0.25) is 0 Å². The summed E-state index contributed by atoms with van der Waals surface area (Å²) in [5.74, 6) is -1.48. The maximum Gasteiger partial charge on any atom is 0.260 e. The normalized spacial score (nSPS) is 37.9. The van der Waals surface area contributed by atoms with Crippen molar-refractivity contribution in [1.82, 2.24) is 5.06 Å². The summed E-state index contributed by atoms with van der Waals surface area (Å²) in [4.78, 5) is 29.3. The average molecular weight is 270 g/mol. The van der Waals surface area contributed by atoms with Gasteiger partial charge in [-0.15, -0.1) is 0 Å². The lowest BCUT2D eigenvalue weighted by molar-refractivity contribution is -0.188. The highest BCUT2D eigenvalue weighted by Crippen LogP contribution is 2.45. The number of ether oxygens (including phenoxy) is 1. The summed E-state index contributed by atoms with van der Waals surface area (Å²) in [7, 11) is 0. The molecule has 3 aliphatic rings. The van der Waals surface area contributed by atoms with Gasteiger partial charge in [0.15, 0.2) is 0 Å². The standard InChI is InChI=1S/C12H12ClNO4/c1-6(13)4-5-17-14-11(15)9-7-2-3-8(18-7)10(9)12(14)16/h2-4,7-10H,5H2,1H3/b6-4+/t7-,8-,9-,10-/m1/s1. The Bertz CT molecular complexity index is 439. The lowest BCUT2D eigenvalue weighted by Crippen LogP contribution is -2.34. The first-order chi connectivity index (χ1) is 8.59. The molecule has 0 aromatic rings. The number of allylic oxidation sites excluding steroid dienone is 1. The number of hydrogen-bond acceptors (Lipinski definition) is 4. The summed E-state index contributed by atoms with van der Waals surface area (Å²) < 4.78 is 5.50. The molecule has 4 atom stereocenters. The molecule has 0 aliphatic carbocycles. The first-order valence-electron chi connectivity index (χ1n) is 5.76. The molecule has 3 heterocycles. The predicted octanol–water partition coefficient (Wildman–Crippen LogP) is 0.999. The van der Waals surface area contributed by atoms with Gasteiger partial charge in [0.05, 0.1) is 30.7 Å². The molecule has 0 N–H and O–H groups in total. The second-order valence-corrected chi connectivity index (χ2v) is 5.16. The highest BCUT2D eigenvalue weighted by Gasteiger charge is 2.61. The number of carbonyl (C=O) groups excluding carboxylic acids is 2. The van der Waals surface area contributed by atoms with Crippen LogP contribution in [-0.2, 0) is 19.2 Å². The van der Waals surface area contributed by atoms with E-state index >= 15 is 0 Å². The largest absolute Gasteiger partial charge is 0.365 e. The maximum atomic E-state index is 12.1. The second kappa shape index (κ2) is 4.19. The zero-order valence-electron chi connectivity index (χ0n) is 9.71. The smallest absolute Gasteiger partial charge is 0.260 e. The van der Waals surface area contributed by atoms with Crippen molar-refractivity contribution < 1.29 is 19.2 Å². The third-order valence-corrected chi connectivity index (χ3v) is 3.59. The van der Waals surface area contributed by atoms with Gasteiger partial charge in [-0.25, -0.2) is 0 Å². The number of halogens is 1. The Morgan fingerprint density at radius 3 is 2.44 bits per heavy atom. The molecular formula is C12H12ClNO4. The summed E-state index contributed by atoms with van der Waals surface area (Å²) in [6, 6.07) is 0. The van der Waals surface area contributed by atoms with Crippen LogP contribution in [0.1, 0.15) is 6.92 Å². The van der Waals surface area contributed by atoms with E-state index in [1.807, 2.05) is 12.2 Å². The molecule has 0 unspecified atom stereocenters. The first-order valence-corrected chi connectivity index (χ1v) is 6.14. The topological polar surface area (TPSA) is 55.8 Å². The minimum Gasteiger partial charge on any atom is -0.365 e. The number of rotatable bonds is 3. The third-order valence-electron chi connectivity index (χ3n) is 3.44. The third kappa shape index (κ3) is 1.62. The van der Waals surface area contributed by atoms with E-state index in [1.54, 1.807) is 13.0 Å². The highest BCUT2D eigenvalue weighted by atomic mass is 35.5. The number of amides is 2. The zero-order chi connectivity index (χ0) is 12.9. The molecule has 18 heavy (non-hydrogen) atoms. The molecule has 0 radical (unpaired) electrons. The van der Waals surface area contributed by atoms with Crippen molar-refractivity contribution in [1.29, 1.82) is 0 Å². The van der Waals surface area contributed by atoms with Crippen LogP contribution in [0.15, 0.2) is 23.3 Å². The van der Waals surface area contributed by atoms with Crippen LogP contribution in [0, 0.1) is 11.8 Å². The van der Waals surface area contributed by atoms with Gasteiger partial charge in [0.1, 0.15) is 0 Å². The minimum absolute atomic E-state index is 0.107. The number of fused-ring (bicyclic) bond motifs is 5. The van der Waals surface area contributed by atoms with E-state index in [1.165, 1.54) is 0 Å². The fourth-order valence-corrected chi connectivity index (χ4v) is 2.69. The van der Waals surface area contributed by atoms with Gasteiger partial charge in [-0.05, 0) is 13.0 Å². The van der Waals surface area contributed by atoms with Crippen molar-refractivity contribution in [3.63, 3.8) is 0 Å². The quantitative estimate of drug-likeness (QED) is 0.567.